The van der Waals surface area contributed by atoms with Crippen molar-refractivity contribution in [1.29, 1.82) is 0 Å². The van der Waals surface area contributed by atoms with E-state index in [0.717, 1.165) is 43.3 Å². The number of nitrogens with two attached hydrogens (primary N) is 1. The third kappa shape index (κ3) is 3.37. The van der Waals surface area contributed by atoms with Crippen molar-refractivity contribution in [1.82, 2.24) is 4.98 Å². The Morgan fingerprint density at radius 2 is 2.25 bits per heavy atom. The first kappa shape index (κ1) is 11.7. The van der Waals surface area contributed by atoms with Crippen molar-refractivity contribution < 1.29 is 4.74 Å². The van der Waals surface area contributed by atoms with Crippen molar-refractivity contribution in [2.45, 2.75) is 17.7 Å². The number of aromatic nitrogens is 1. The molecule has 1 aliphatic rings. The molecule has 1 aromatic rings. The topological polar surface area (TPSA) is 60.2 Å². The van der Waals surface area contributed by atoms with Crippen molar-refractivity contribution in [3.8, 4) is 0 Å². The summed E-state index contributed by atoms with van der Waals surface area (Å²) in [6.07, 6.45) is 4.07. The van der Waals surface area contributed by atoms with E-state index in [1.54, 1.807) is 6.20 Å². The van der Waals surface area contributed by atoms with Crippen LogP contribution in [0.2, 0.25) is 0 Å². The second-order valence-electron chi connectivity index (χ2n) is 3.93. The lowest BCUT2D eigenvalue weighted by atomic mass is 10.0. The van der Waals surface area contributed by atoms with Gasteiger partial charge in [-0.1, -0.05) is 0 Å². The molecular formula is C11H17N3OS. The summed E-state index contributed by atoms with van der Waals surface area (Å²) in [7, 11) is 0. The van der Waals surface area contributed by atoms with Gasteiger partial charge in [0.25, 0.3) is 0 Å². The number of rotatable bonds is 4. The molecule has 4 nitrogen and oxygen atoms in total. The van der Waals surface area contributed by atoms with Crippen LogP contribution in [0.15, 0.2) is 23.2 Å². The Hall–Kier alpha value is -0.780. The van der Waals surface area contributed by atoms with Crippen molar-refractivity contribution in [2.75, 3.05) is 25.1 Å². The zero-order chi connectivity index (χ0) is 11.2. The predicted molar refractivity (Wildman–Crippen MR) is 66.3 cm³/mol. The Bertz CT molecular complexity index is 312. The molecule has 0 amide bonds. The zero-order valence-electron chi connectivity index (χ0n) is 9.19. The van der Waals surface area contributed by atoms with Crippen LogP contribution >= 0.6 is 11.9 Å². The molecule has 0 aromatic carbocycles. The average Bonchev–Trinajstić information content (AvgIpc) is 2.38. The second-order valence-corrected chi connectivity index (χ2v) is 4.64. The monoisotopic (exact) mass is 239 g/mol. The Kier molecular flexibility index (Phi) is 4.44. The van der Waals surface area contributed by atoms with Crippen LogP contribution in [0.3, 0.4) is 0 Å². The molecule has 0 atom stereocenters. The average molecular weight is 239 g/mol. The number of nitrogens with zero attached hydrogens (tertiary/aromatic N) is 1. The van der Waals surface area contributed by atoms with Gasteiger partial charge < -0.3 is 10.1 Å². The summed E-state index contributed by atoms with van der Waals surface area (Å²) < 4.78 is 5.32. The second kappa shape index (κ2) is 6.08. The van der Waals surface area contributed by atoms with Crippen LogP contribution in [-0.4, -0.2) is 24.7 Å². The van der Waals surface area contributed by atoms with Gasteiger partial charge >= 0.3 is 0 Å². The Morgan fingerprint density at radius 1 is 1.44 bits per heavy atom. The quantitative estimate of drug-likeness (QED) is 0.786. The van der Waals surface area contributed by atoms with Crippen LogP contribution in [0.1, 0.15) is 12.8 Å². The van der Waals surface area contributed by atoms with E-state index >= 15 is 0 Å². The fourth-order valence-electron chi connectivity index (χ4n) is 1.75. The fraction of sp³-hybridized carbons (Fsp3) is 0.545. The summed E-state index contributed by atoms with van der Waals surface area (Å²) in [5.74, 6) is 1.63. The number of hydrogen-bond donors (Lipinski definition) is 2. The predicted octanol–water partition coefficient (Wildman–Crippen LogP) is 1.89. The molecule has 5 heteroatoms. The van der Waals surface area contributed by atoms with Crippen LogP contribution in [-0.2, 0) is 4.74 Å². The van der Waals surface area contributed by atoms with Crippen LogP contribution in [0, 0.1) is 5.92 Å². The first-order valence-electron chi connectivity index (χ1n) is 5.53. The Labute approximate surface area is 100 Å². The number of anilines is 1. The molecule has 1 saturated heterocycles. The van der Waals surface area contributed by atoms with Gasteiger partial charge in [0.2, 0.25) is 0 Å². The largest absolute Gasteiger partial charge is 0.381 e. The van der Waals surface area contributed by atoms with Crippen LogP contribution in [0.5, 0.6) is 0 Å². The van der Waals surface area contributed by atoms with Gasteiger partial charge in [-0.3, -0.25) is 5.14 Å². The summed E-state index contributed by atoms with van der Waals surface area (Å²) in [6.45, 7) is 2.76. The Morgan fingerprint density at radius 3 is 2.88 bits per heavy atom. The van der Waals surface area contributed by atoms with Gasteiger partial charge in [0.15, 0.2) is 0 Å². The number of hydrogen-bond acceptors (Lipinski definition) is 5. The molecule has 0 unspecified atom stereocenters. The third-order valence-electron chi connectivity index (χ3n) is 2.79. The minimum Gasteiger partial charge on any atom is -0.381 e. The lowest BCUT2D eigenvalue weighted by Gasteiger charge is -2.22. The summed E-state index contributed by atoms with van der Waals surface area (Å²) in [5, 5.41) is 8.78. The number of nitrogens with one attached hydrogen (secondary N) is 1. The van der Waals surface area contributed by atoms with E-state index in [-0.39, 0.29) is 0 Å². The molecule has 88 valence electrons. The molecule has 0 radical (unpaired) electrons. The van der Waals surface area contributed by atoms with Gasteiger partial charge in [-0.25, -0.2) is 4.98 Å². The first-order chi connectivity index (χ1) is 7.88. The van der Waals surface area contributed by atoms with E-state index in [1.807, 2.05) is 12.1 Å². The molecule has 2 heterocycles. The molecule has 0 spiro atoms. The molecule has 0 bridgehead atoms. The smallest absolute Gasteiger partial charge is 0.125 e. The van der Waals surface area contributed by atoms with Crippen molar-refractivity contribution in [2.24, 2.45) is 11.1 Å². The van der Waals surface area contributed by atoms with E-state index in [0.29, 0.717) is 5.92 Å². The highest BCUT2D eigenvalue weighted by molar-refractivity contribution is 7.97. The molecule has 1 aromatic heterocycles. The summed E-state index contributed by atoms with van der Waals surface area (Å²) in [6, 6.07) is 3.94. The van der Waals surface area contributed by atoms with Gasteiger partial charge in [-0.2, -0.15) is 0 Å². The van der Waals surface area contributed by atoms with Crippen molar-refractivity contribution in [3.05, 3.63) is 18.3 Å². The van der Waals surface area contributed by atoms with Crippen LogP contribution < -0.4 is 10.5 Å². The third-order valence-corrected chi connectivity index (χ3v) is 3.30. The van der Waals surface area contributed by atoms with Crippen molar-refractivity contribution in [3.63, 3.8) is 0 Å². The van der Waals surface area contributed by atoms with Crippen molar-refractivity contribution >= 4 is 17.8 Å². The molecule has 0 aliphatic carbocycles. The van der Waals surface area contributed by atoms with E-state index in [9.17, 15) is 0 Å². The molecule has 16 heavy (non-hydrogen) atoms. The first-order valence-corrected chi connectivity index (χ1v) is 6.41. The minimum absolute atomic E-state index is 0.708. The highest BCUT2D eigenvalue weighted by atomic mass is 32.2. The van der Waals surface area contributed by atoms with E-state index in [4.69, 9.17) is 9.88 Å². The lowest BCUT2D eigenvalue weighted by Crippen LogP contribution is -2.22. The van der Waals surface area contributed by atoms with Gasteiger partial charge in [0, 0.05) is 30.9 Å². The maximum absolute atomic E-state index is 5.43. The lowest BCUT2D eigenvalue weighted by molar-refractivity contribution is 0.0699. The normalized spacial score (nSPS) is 17.3. The number of pyridine rings is 1. The van der Waals surface area contributed by atoms with Gasteiger partial charge in [0.1, 0.15) is 5.82 Å². The van der Waals surface area contributed by atoms with Crippen LogP contribution in [0.25, 0.3) is 0 Å². The minimum atomic E-state index is 0.708. The maximum atomic E-state index is 5.43. The van der Waals surface area contributed by atoms with Crippen LogP contribution in [0.4, 0.5) is 5.82 Å². The van der Waals surface area contributed by atoms with Gasteiger partial charge in [0.05, 0.1) is 0 Å². The summed E-state index contributed by atoms with van der Waals surface area (Å²) in [4.78, 5) is 5.27. The van der Waals surface area contributed by atoms with E-state index in [1.165, 1.54) is 11.9 Å². The van der Waals surface area contributed by atoms with Gasteiger partial charge in [-0.15, -0.1) is 0 Å². The molecule has 2 rings (SSSR count). The standard InChI is InChI=1S/C11H17N3OS/c12-16-10-1-2-11(14-8-10)13-7-9-3-5-15-6-4-9/h1-2,8-9H,3-7,12H2,(H,13,14). The van der Waals surface area contributed by atoms with E-state index < -0.39 is 0 Å². The SMILES string of the molecule is NSc1ccc(NCC2CCOCC2)nc1. The fourth-order valence-corrected chi connectivity index (χ4v) is 2.01. The molecule has 1 aliphatic heterocycles. The maximum Gasteiger partial charge on any atom is 0.125 e. The molecule has 0 saturated carbocycles. The molecular weight excluding hydrogens is 222 g/mol. The number of ether oxygens (including phenoxy) is 1. The highest BCUT2D eigenvalue weighted by Gasteiger charge is 2.13. The molecule has 3 N–H and O–H groups in total. The zero-order valence-corrected chi connectivity index (χ0v) is 10.0. The van der Waals surface area contributed by atoms with Gasteiger partial charge in [-0.05, 0) is 42.8 Å². The van der Waals surface area contributed by atoms with E-state index in [2.05, 4.69) is 10.3 Å². The summed E-state index contributed by atoms with van der Waals surface area (Å²) >= 11 is 1.22. The molecule has 1 fully saturated rings. The Balaban J connectivity index is 1.79. The summed E-state index contributed by atoms with van der Waals surface area (Å²) in [5.41, 5.74) is 0. The highest BCUT2D eigenvalue weighted by Crippen LogP contribution is 2.16.